The first-order valence-electron chi connectivity index (χ1n) is 8.06. The van der Waals surface area contributed by atoms with Crippen molar-refractivity contribution >= 4 is 32.0 Å². The largest absolute Gasteiger partial charge is 0.444 e. The minimum absolute atomic E-state index is 0.0802. The van der Waals surface area contributed by atoms with Gasteiger partial charge in [-0.2, -0.15) is 13.2 Å². The second kappa shape index (κ2) is 7.59. The molecule has 0 bridgehead atoms. The van der Waals surface area contributed by atoms with Crippen molar-refractivity contribution < 1.29 is 31.1 Å². The fourth-order valence-electron chi connectivity index (χ4n) is 2.53. The number of sulfonamides is 1. The molecule has 6 nitrogen and oxygen atoms in total. The SMILES string of the molecule is CC(C)(C)OC(=O)N1CC[C@@H](NS(=O)(=O)c2ccc(Br)c(C(F)(F)F)c2)C1. The highest BCUT2D eigenvalue weighted by atomic mass is 79.9. The number of nitrogens with zero attached hydrogens (tertiary/aromatic N) is 1. The minimum Gasteiger partial charge on any atom is -0.444 e. The van der Waals surface area contributed by atoms with Crippen LogP contribution in [-0.4, -0.2) is 44.1 Å². The van der Waals surface area contributed by atoms with Crippen LogP contribution in [0.5, 0.6) is 0 Å². The molecule has 0 unspecified atom stereocenters. The number of carbonyl (C=O) groups is 1. The van der Waals surface area contributed by atoms with Crippen molar-refractivity contribution in [3.05, 3.63) is 28.2 Å². The summed E-state index contributed by atoms with van der Waals surface area (Å²) in [6, 6.07) is 2.09. The van der Waals surface area contributed by atoms with Crippen molar-refractivity contribution in [2.45, 2.75) is 49.9 Å². The van der Waals surface area contributed by atoms with Gasteiger partial charge in [-0.25, -0.2) is 17.9 Å². The minimum atomic E-state index is -4.69. The predicted octanol–water partition coefficient (Wildman–Crippen LogP) is 3.76. The van der Waals surface area contributed by atoms with E-state index in [2.05, 4.69) is 20.7 Å². The van der Waals surface area contributed by atoms with E-state index in [1.54, 1.807) is 20.8 Å². The van der Waals surface area contributed by atoms with Gasteiger partial charge in [0.15, 0.2) is 0 Å². The summed E-state index contributed by atoms with van der Waals surface area (Å²) in [5.74, 6) is 0. The van der Waals surface area contributed by atoms with E-state index < -0.39 is 44.4 Å². The topological polar surface area (TPSA) is 75.7 Å². The number of ether oxygens (including phenoxy) is 1. The molecule has 11 heteroatoms. The molecule has 0 radical (unpaired) electrons. The molecule has 1 heterocycles. The summed E-state index contributed by atoms with van der Waals surface area (Å²) < 4.78 is 71.2. The van der Waals surface area contributed by atoms with Crippen LogP contribution in [0.3, 0.4) is 0 Å². The molecule has 1 aromatic rings. The summed E-state index contributed by atoms with van der Waals surface area (Å²) in [5, 5.41) is 0. The lowest BCUT2D eigenvalue weighted by Crippen LogP contribution is -2.40. The van der Waals surface area contributed by atoms with E-state index in [4.69, 9.17) is 4.74 Å². The average molecular weight is 473 g/mol. The zero-order valence-corrected chi connectivity index (χ0v) is 17.3. The van der Waals surface area contributed by atoms with Crippen molar-refractivity contribution in [1.29, 1.82) is 0 Å². The third kappa shape index (κ3) is 5.82. The van der Waals surface area contributed by atoms with Gasteiger partial charge in [0, 0.05) is 23.6 Å². The van der Waals surface area contributed by atoms with Crippen LogP contribution < -0.4 is 4.72 Å². The van der Waals surface area contributed by atoms with Crippen LogP contribution in [0.25, 0.3) is 0 Å². The number of hydrogen-bond acceptors (Lipinski definition) is 4. The van der Waals surface area contributed by atoms with Crippen LogP contribution in [0.15, 0.2) is 27.6 Å². The highest BCUT2D eigenvalue weighted by molar-refractivity contribution is 9.10. The van der Waals surface area contributed by atoms with E-state index in [0.717, 1.165) is 12.1 Å². The molecule has 1 aliphatic rings. The fraction of sp³-hybridized carbons (Fsp3) is 0.562. The molecule has 1 amide bonds. The Balaban J connectivity index is 2.11. The third-order valence-corrected chi connectivity index (χ3v) is 5.92. The molecule has 152 valence electrons. The Morgan fingerprint density at radius 2 is 1.93 bits per heavy atom. The fourth-order valence-corrected chi connectivity index (χ4v) is 4.28. The monoisotopic (exact) mass is 472 g/mol. The molecule has 1 atom stereocenters. The number of benzene rings is 1. The van der Waals surface area contributed by atoms with E-state index in [-0.39, 0.29) is 17.6 Å². The standard InChI is InChI=1S/C16H20BrF3N2O4S/c1-15(2,3)26-14(23)22-7-6-10(9-22)21-27(24,25)11-4-5-13(17)12(8-11)16(18,19)20/h4-5,8,10,21H,6-7,9H2,1-3H3/t10-/m1/s1. The molecule has 0 aliphatic carbocycles. The molecule has 0 saturated carbocycles. The van der Waals surface area contributed by atoms with Gasteiger partial charge in [-0.1, -0.05) is 15.9 Å². The van der Waals surface area contributed by atoms with Crippen molar-refractivity contribution in [1.82, 2.24) is 9.62 Å². The zero-order chi connectivity index (χ0) is 20.6. The zero-order valence-electron chi connectivity index (χ0n) is 14.9. The second-order valence-electron chi connectivity index (χ2n) is 7.17. The molecule has 27 heavy (non-hydrogen) atoms. The third-order valence-electron chi connectivity index (χ3n) is 3.72. The number of carbonyl (C=O) groups excluding carboxylic acids is 1. The van der Waals surface area contributed by atoms with Crippen LogP contribution in [0, 0.1) is 0 Å². The molecule has 1 aromatic carbocycles. The first-order chi connectivity index (χ1) is 12.2. The number of hydrogen-bond donors (Lipinski definition) is 1. The molecule has 0 spiro atoms. The molecular weight excluding hydrogens is 453 g/mol. The molecular formula is C16H20BrF3N2O4S. The van der Waals surface area contributed by atoms with Crippen molar-refractivity contribution in [3.63, 3.8) is 0 Å². The van der Waals surface area contributed by atoms with Crippen LogP contribution >= 0.6 is 15.9 Å². The highest BCUT2D eigenvalue weighted by Crippen LogP contribution is 2.36. The highest BCUT2D eigenvalue weighted by Gasteiger charge is 2.36. The Morgan fingerprint density at radius 3 is 2.48 bits per heavy atom. The maximum Gasteiger partial charge on any atom is 0.417 e. The smallest absolute Gasteiger partial charge is 0.417 e. The molecule has 1 N–H and O–H groups in total. The van der Waals surface area contributed by atoms with E-state index in [0.29, 0.717) is 12.5 Å². The van der Waals surface area contributed by atoms with Gasteiger partial charge in [0.05, 0.1) is 10.5 Å². The van der Waals surface area contributed by atoms with Crippen LogP contribution in [0.1, 0.15) is 32.8 Å². The van der Waals surface area contributed by atoms with E-state index >= 15 is 0 Å². The van der Waals surface area contributed by atoms with Crippen molar-refractivity contribution in [3.8, 4) is 0 Å². The summed E-state index contributed by atoms with van der Waals surface area (Å²) >= 11 is 2.78. The van der Waals surface area contributed by atoms with Gasteiger partial charge < -0.3 is 9.64 Å². The second-order valence-corrected chi connectivity index (χ2v) is 9.74. The molecule has 1 aliphatic heterocycles. The number of likely N-dealkylation sites (tertiary alicyclic amines) is 1. The maximum atomic E-state index is 13.0. The lowest BCUT2D eigenvalue weighted by molar-refractivity contribution is -0.138. The van der Waals surface area contributed by atoms with Crippen LogP contribution in [-0.2, 0) is 20.9 Å². The first kappa shape index (κ1) is 22.0. The predicted molar refractivity (Wildman–Crippen MR) is 95.7 cm³/mol. The Kier molecular flexibility index (Phi) is 6.18. The van der Waals surface area contributed by atoms with Crippen LogP contribution in [0.2, 0.25) is 0 Å². The summed E-state index contributed by atoms with van der Waals surface area (Å²) in [4.78, 5) is 12.9. The lowest BCUT2D eigenvalue weighted by Gasteiger charge is -2.24. The summed E-state index contributed by atoms with van der Waals surface area (Å²) in [6.07, 6.45) is -4.92. The number of amides is 1. The molecule has 2 rings (SSSR count). The quantitative estimate of drug-likeness (QED) is 0.726. The van der Waals surface area contributed by atoms with Gasteiger partial charge in [-0.3, -0.25) is 0 Å². The molecule has 1 saturated heterocycles. The van der Waals surface area contributed by atoms with Gasteiger partial charge in [0.25, 0.3) is 0 Å². The molecule has 1 fully saturated rings. The summed E-state index contributed by atoms with van der Waals surface area (Å²) in [5.41, 5.74) is -1.76. The van der Waals surface area contributed by atoms with E-state index in [1.165, 1.54) is 4.90 Å². The number of nitrogens with one attached hydrogen (secondary N) is 1. The van der Waals surface area contributed by atoms with Crippen molar-refractivity contribution in [2.24, 2.45) is 0 Å². The van der Waals surface area contributed by atoms with Crippen LogP contribution in [0.4, 0.5) is 18.0 Å². The molecule has 0 aromatic heterocycles. The van der Waals surface area contributed by atoms with Gasteiger partial charge in [0.1, 0.15) is 5.60 Å². The number of alkyl halides is 3. The van der Waals surface area contributed by atoms with Gasteiger partial charge in [-0.05, 0) is 45.4 Å². The maximum absolute atomic E-state index is 13.0. The average Bonchev–Trinajstić information content (AvgIpc) is 2.92. The Labute approximate surface area is 164 Å². The number of halogens is 4. The van der Waals surface area contributed by atoms with E-state index in [9.17, 15) is 26.4 Å². The van der Waals surface area contributed by atoms with Gasteiger partial charge in [-0.15, -0.1) is 0 Å². The first-order valence-corrected chi connectivity index (χ1v) is 10.3. The Bertz CT molecular complexity index is 822. The van der Waals surface area contributed by atoms with E-state index in [1.807, 2.05) is 0 Å². The summed E-state index contributed by atoms with van der Waals surface area (Å²) in [7, 11) is -4.18. The van der Waals surface area contributed by atoms with Gasteiger partial charge in [0.2, 0.25) is 10.0 Å². The lowest BCUT2D eigenvalue weighted by atomic mass is 10.2. The normalized spacial score (nSPS) is 18.6. The van der Waals surface area contributed by atoms with Crippen molar-refractivity contribution in [2.75, 3.05) is 13.1 Å². The summed E-state index contributed by atoms with van der Waals surface area (Å²) in [6.45, 7) is 5.51. The number of rotatable bonds is 3. The Hall–Kier alpha value is -1.33. The Morgan fingerprint density at radius 1 is 1.30 bits per heavy atom. The van der Waals surface area contributed by atoms with Gasteiger partial charge >= 0.3 is 12.3 Å².